The van der Waals surface area contributed by atoms with Gasteiger partial charge in [0.15, 0.2) is 6.10 Å². The molecule has 0 aromatic carbocycles. The maximum atomic E-state index is 12.7. The summed E-state index contributed by atoms with van der Waals surface area (Å²) in [7, 11) is 5.37. The zero-order chi connectivity index (χ0) is 39.3. The van der Waals surface area contributed by atoms with Crippen molar-refractivity contribution in [1.29, 1.82) is 0 Å². The number of carboxylic acid groups (broad SMARTS) is 1. The largest absolute Gasteiger partial charge is 0.544 e. The molecule has 0 rings (SSSR count). The van der Waals surface area contributed by atoms with Crippen LogP contribution in [0.4, 0.5) is 0 Å². The van der Waals surface area contributed by atoms with Gasteiger partial charge in [0, 0.05) is 19.3 Å². The van der Waals surface area contributed by atoms with Crippen molar-refractivity contribution in [2.24, 2.45) is 0 Å². The molecule has 0 aromatic rings. The van der Waals surface area contributed by atoms with Crippen LogP contribution in [-0.2, 0) is 28.6 Å². The Balaban J connectivity index is 4.49. The zero-order valence-electron chi connectivity index (χ0n) is 34.4. The Labute approximate surface area is 324 Å². The number of nitrogens with zero attached hydrogens (tertiary/aromatic N) is 1. The molecule has 0 aliphatic heterocycles. The number of unbranched alkanes of at least 4 members (excludes halogenated alkanes) is 12. The van der Waals surface area contributed by atoms with E-state index in [4.69, 9.17) is 14.2 Å². The highest BCUT2D eigenvalue weighted by Gasteiger charge is 2.25. The molecular formula is C45H77NO7. The monoisotopic (exact) mass is 744 g/mol. The number of aliphatic carboxylic acids is 1. The van der Waals surface area contributed by atoms with E-state index in [1.54, 1.807) is 21.1 Å². The quantitative estimate of drug-likeness (QED) is 0.0273. The van der Waals surface area contributed by atoms with E-state index >= 15 is 0 Å². The van der Waals surface area contributed by atoms with Crippen molar-refractivity contribution < 1.29 is 38.2 Å². The first-order valence-electron chi connectivity index (χ1n) is 20.8. The number of carbonyl (C=O) groups is 3. The van der Waals surface area contributed by atoms with Crippen molar-refractivity contribution in [2.75, 3.05) is 41.0 Å². The summed E-state index contributed by atoms with van der Waals surface area (Å²) in [6.45, 7) is 4.45. The maximum Gasteiger partial charge on any atom is 0.306 e. The molecule has 0 aliphatic carbocycles. The summed E-state index contributed by atoms with van der Waals surface area (Å²) in [5.74, 6) is -1.83. The predicted octanol–water partition coefficient (Wildman–Crippen LogP) is 9.69. The number of carboxylic acids is 1. The number of hydrogen-bond acceptors (Lipinski definition) is 7. The van der Waals surface area contributed by atoms with E-state index in [1.165, 1.54) is 44.9 Å². The van der Waals surface area contributed by atoms with Gasteiger partial charge in [-0.2, -0.15) is 0 Å². The number of allylic oxidation sites excluding steroid dienone is 10. The number of hydrogen-bond donors (Lipinski definition) is 0. The molecule has 0 saturated heterocycles. The molecule has 0 bridgehead atoms. The van der Waals surface area contributed by atoms with Gasteiger partial charge in [0.25, 0.3) is 0 Å². The molecule has 304 valence electrons. The average Bonchev–Trinajstić information content (AvgIpc) is 3.11. The van der Waals surface area contributed by atoms with Crippen molar-refractivity contribution in [3.8, 4) is 0 Å². The van der Waals surface area contributed by atoms with Crippen LogP contribution >= 0.6 is 0 Å². The number of likely N-dealkylation sites (N-methyl/N-ethyl adjacent to an activating group) is 1. The van der Waals surface area contributed by atoms with Crippen LogP contribution in [0.25, 0.3) is 0 Å². The lowest BCUT2D eigenvalue weighted by Crippen LogP contribution is -2.55. The predicted molar refractivity (Wildman–Crippen MR) is 217 cm³/mol. The molecule has 2 atom stereocenters. The number of carbonyl (C=O) groups excluding carboxylic acids is 3. The molecule has 0 saturated carbocycles. The lowest BCUT2D eigenvalue weighted by Gasteiger charge is -2.34. The lowest BCUT2D eigenvalue weighted by atomic mass is 10.1. The molecule has 0 radical (unpaired) electrons. The van der Waals surface area contributed by atoms with Gasteiger partial charge in [-0.15, -0.1) is 0 Å². The molecule has 2 unspecified atom stereocenters. The molecule has 0 spiro atoms. The fourth-order valence-corrected chi connectivity index (χ4v) is 5.65. The fourth-order valence-electron chi connectivity index (χ4n) is 5.65. The minimum Gasteiger partial charge on any atom is -0.544 e. The van der Waals surface area contributed by atoms with Gasteiger partial charge in [0.1, 0.15) is 12.6 Å². The number of ether oxygens (including phenoxy) is 3. The Morgan fingerprint density at radius 1 is 0.585 bits per heavy atom. The van der Waals surface area contributed by atoms with E-state index in [1.807, 2.05) is 0 Å². The van der Waals surface area contributed by atoms with E-state index in [2.05, 4.69) is 74.6 Å². The van der Waals surface area contributed by atoms with Gasteiger partial charge in [-0.25, -0.2) is 0 Å². The molecule has 0 aliphatic rings. The van der Waals surface area contributed by atoms with Crippen LogP contribution in [0.3, 0.4) is 0 Å². The molecule has 8 heteroatoms. The van der Waals surface area contributed by atoms with E-state index < -0.39 is 18.1 Å². The van der Waals surface area contributed by atoms with Gasteiger partial charge in [-0.05, 0) is 70.6 Å². The second kappa shape index (κ2) is 36.0. The van der Waals surface area contributed by atoms with Crippen LogP contribution in [0, 0.1) is 0 Å². The Hall–Kier alpha value is -2.97. The van der Waals surface area contributed by atoms with Crippen molar-refractivity contribution in [1.82, 2.24) is 0 Å². The van der Waals surface area contributed by atoms with Gasteiger partial charge in [0.05, 0.1) is 40.3 Å². The van der Waals surface area contributed by atoms with Crippen molar-refractivity contribution >= 4 is 17.9 Å². The summed E-state index contributed by atoms with van der Waals surface area (Å²) < 4.78 is 17.0. The molecule has 0 aromatic heterocycles. The summed E-state index contributed by atoms with van der Waals surface area (Å²) in [5.41, 5.74) is 0. The maximum absolute atomic E-state index is 12.7. The van der Waals surface area contributed by atoms with E-state index in [0.29, 0.717) is 12.8 Å². The topological polar surface area (TPSA) is 102 Å². The Morgan fingerprint density at radius 2 is 1.08 bits per heavy atom. The summed E-state index contributed by atoms with van der Waals surface area (Å²) in [6, 6.07) is -0.738. The minimum absolute atomic E-state index is 0.0136. The molecular weight excluding hydrogens is 666 g/mol. The first-order valence-corrected chi connectivity index (χ1v) is 20.8. The number of rotatable bonds is 36. The van der Waals surface area contributed by atoms with E-state index in [-0.39, 0.29) is 49.1 Å². The van der Waals surface area contributed by atoms with E-state index in [9.17, 15) is 19.5 Å². The van der Waals surface area contributed by atoms with Crippen LogP contribution in [0.15, 0.2) is 60.8 Å². The third-order valence-electron chi connectivity index (χ3n) is 8.89. The van der Waals surface area contributed by atoms with Crippen molar-refractivity contribution in [3.63, 3.8) is 0 Å². The van der Waals surface area contributed by atoms with Crippen molar-refractivity contribution in [3.05, 3.63) is 60.8 Å². The lowest BCUT2D eigenvalue weighted by molar-refractivity contribution is -0.889. The highest BCUT2D eigenvalue weighted by molar-refractivity contribution is 5.70. The Morgan fingerprint density at radius 3 is 1.62 bits per heavy atom. The summed E-state index contributed by atoms with van der Waals surface area (Å²) >= 11 is 0. The van der Waals surface area contributed by atoms with Gasteiger partial charge < -0.3 is 28.6 Å². The van der Waals surface area contributed by atoms with Crippen molar-refractivity contribution in [2.45, 2.75) is 167 Å². The van der Waals surface area contributed by atoms with E-state index in [0.717, 1.165) is 70.6 Å². The number of esters is 2. The van der Waals surface area contributed by atoms with Gasteiger partial charge in [-0.1, -0.05) is 126 Å². The summed E-state index contributed by atoms with van der Waals surface area (Å²) in [6.07, 6.45) is 42.6. The molecule has 53 heavy (non-hydrogen) atoms. The first kappa shape index (κ1) is 50.0. The Kier molecular flexibility index (Phi) is 34.0. The van der Waals surface area contributed by atoms with Crippen LogP contribution in [0.2, 0.25) is 0 Å². The SMILES string of the molecule is CC/C=C/C/C=C/CCCCCCCC(=O)OCC(COCCC(C(=O)[O-])[N+](C)(C)C)OC(=O)CCC/C=C/C/C=C/C/C=C/CCCCCCCC. The van der Waals surface area contributed by atoms with Crippen LogP contribution < -0.4 is 5.11 Å². The zero-order valence-corrected chi connectivity index (χ0v) is 34.4. The van der Waals surface area contributed by atoms with Crippen LogP contribution in [0.1, 0.15) is 155 Å². The van der Waals surface area contributed by atoms with Crippen LogP contribution in [-0.4, -0.2) is 75.5 Å². The van der Waals surface area contributed by atoms with Gasteiger partial charge in [0.2, 0.25) is 0 Å². The van der Waals surface area contributed by atoms with Crippen LogP contribution in [0.5, 0.6) is 0 Å². The third kappa shape index (κ3) is 34.5. The summed E-state index contributed by atoms with van der Waals surface area (Å²) in [4.78, 5) is 36.7. The standard InChI is InChI=1S/C45H77NO7/c1-6-8-10-12-14-16-18-20-21-22-23-24-26-28-30-32-34-36-44(48)53-41(39-51-38-37-42(45(49)50)46(3,4)5)40-52-43(47)35-33-31-29-27-25-19-17-15-13-11-9-7-2/h9,11,15,17,20-21,23-24,28,30,41-42H,6-8,10,12-14,16,18-19,22,25-27,29,31-40H2,1-5H3/b11-9+,17-15+,21-20+,24-23+,30-28+. The molecule has 0 amide bonds. The second-order valence-corrected chi connectivity index (χ2v) is 14.8. The molecule has 0 N–H and O–H groups in total. The smallest absolute Gasteiger partial charge is 0.306 e. The molecule has 8 nitrogen and oxygen atoms in total. The first-order chi connectivity index (χ1) is 25.6. The van der Waals surface area contributed by atoms with Gasteiger partial charge in [-0.3, -0.25) is 9.59 Å². The average molecular weight is 744 g/mol. The fraction of sp³-hybridized carbons (Fsp3) is 0.711. The second-order valence-electron chi connectivity index (χ2n) is 14.8. The molecule has 0 heterocycles. The highest BCUT2D eigenvalue weighted by Crippen LogP contribution is 2.12. The Bertz CT molecular complexity index is 1050. The minimum atomic E-state index is -1.14. The third-order valence-corrected chi connectivity index (χ3v) is 8.89. The summed E-state index contributed by atoms with van der Waals surface area (Å²) in [5, 5.41) is 11.6. The highest BCUT2D eigenvalue weighted by atomic mass is 16.6. The van der Waals surface area contributed by atoms with Gasteiger partial charge >= 0.3 is 11.9 Å². The number of quaternary nitrogens is 1. The normalized spacial score (nSPS) is 13.6. The molecule has 0 fully saturated rings.